The lowest BCUT2D eigenvalue weighted by molar-refractivity contribution is 0.0695. The number of nitrogens with zero attached hydrogens (tertiary/aromatic N) is 1. The number of amides is 1. The average Bonchev–Trinajstić information content (AvgIpc) is 2.27. The maximum absolute atomic E-state index is 11.7. The molecule has 0 aliphatic heterocycles. The summed E-state index contributed by atoms with van der Waals surface area (Å²) in [6, 6.07) is 1.59. The Labute approximate surface area is 100.0 Å². The van der Waals surface area contributed by atoms with Gasteiger partial charge >= 0.3 is 0 Å². The van der Waals surface area contributed by atoms with E-state index in [0.717, 1.165) is 0 Å². The Morgan fingerprint density at radius 2 is 2.44 bits per heavy atom. The van der Waals surface area contributed by atoms with Crippen molar-refractivity contribution in [2.75, 3.05) is 13.2 Å². The molecule has 1 atom stereocenters. The van der Waals surface area contributed by atoms with Crippen LogP contribution in [0.5, 0.6) is 0 Å². The van der Waals surface area contributed by atoms with Gasteiger partial charge < -0.3 is 10.1 Å². The van der Waals surface area contributed by atoms with Crippen molar-refractivity contribution in [1.29, 1.82) is 0 Å². The molecule has 0 saturated carbocycles. The van der Waals surface area contributed by atoms with Crippen LogP contribution in [0.2, 0.25) is 5.02 Å². The van der Waals surface area contributed by atoms with Crippen molar-refractivity contribution in [3.05, 3.63) is 29.0 Å². The molecule has 1 aromatic heterocycles. The van der Waals surface area contributed by atoms with Crippen molar-refractivity contribution < 1.29 is 9.53 Å². The number of hydrogen-bond donors (Lipinski definition) is 1. The minimum absolute atomic E-state index is 0.00503. The highest BCUT2D eigenvalue weighted by atomic mass is 35.5. The van der Waals surface area contributed by atoms with Gasteiger partial charge in [-0.1, -0.05) is 11.6 Å². The number of carbonyl (C=O) groups is 1. The van der Waals surface area contributed by atoms with E-state index in [2.05, 4.69) is 10.3 Å². The first kappa shape index (κ1) is 12.9. The summed E-state index contributed by atoms with van der Waals surface area (Å²) >= 11 is 5.84. The summed E-state index contributed by atoms with van der Waals surface area (Å²) in [7, 11) is 0. The summed E-state index contributed by atoms with van der Waals surface area (Å²) in [6.45, 7) is 4.91. The Morgan fingerprint density at radius 1 is 1.69 bits per heavy atom. The molecule has 0 radical (unpaired) electrons. The molecule has 16 heavy (non-hydrogen) atoms. The van der Waals surface area contributed by atoms with E-state index in [9.17, 15) is 4.79 Å². The summed E-state index contributed by atoms with van der Waals surface area (Å²) in [4.78, 5) is 15.5. The van der Waals surface area contributed by atoms with E-state index in [0.29, 0.717) is 23.7 Å². The summed E-state index contributed by atoms with van der Waals surface area (Å²) in [6.07, 6.45) is 2.98. The van der Waals surface area contributed by atoms with Crippen LogP contribution in [0.4, 0.5) is 0 Å². The van der Waals surface area contributed by atoms with Gasteiger partial charge in [-0.15, -0.1) is 0 Å². The van der Waals surface area contributed by atoms with Crippen molar-refractivity contribution in [1.82, 2.24) is 10.3 Å². The van der Waals surface area contributed by atoms with Gasteiger partial charge in [0.15, 0.2) is 0 Å². The molecule has 0 saturated heterocycles. The fourth-order valence-electron chi connectivity index (χ4n) is 1.23. The summed E-state index contributed by atoms with van der Waals surface area (Å²) in [5.74, 6) is -0.209. The van der Waals surface area contributed by atoms with Gasteiger partial charge in [-0.25, -0.2) is 0 Å². The minimum Gasteiger partial charge on any atom is -0.377 e. The highest BCUT2D eigenvalue weighted by Gasteiger charge is 2.10. The van der Waals surface area contributed by atoms with Crippen LogP contribution in [-0.2, 0) is 4.74 Å². The molecule has 1 rings (SSSR count). The highest BCUT2D eigenvalue weighted by molar-refractivity contribution is 6.33. The largest absolute Gasteiger partial charge is 0.377 e. The molecular weight excluding hydrogens is 228 g/mol. The highest BCUT2D eigenvalue weighted by Crippen LogP contribution is 2.12. The summed E-state index contributed by atoms with van der Waals surface area (Å²) in [5, 5.41) is 3.10. The van der Waals surface area contributed by atoms with Crippen LogP contribution in [0, 0.1) is 0 Å². The van der Waals surface area contributed by atoms with Crippen molar-refractivity contribution in [3.63, 3.8) is 0 Å². The molecule has 0 bridgehead atoms. The topological polar surface area (TPSA) is 51.2 Å². The lowest BCUT2D eigenvalue weighted by Gasteiger charge is -2.12. The first-order valence-electron chi connectivity index (χ1n) is 5.14. The lowest BCUT2D eigenvalue weighted by Crippen LogP contribution is -2.32. The maximum Gasteiger partial charge on any atom is 0.252 e. The number of rotatable bonds is 5. The van der Waals surface area contributed by atoms with E-state index in [4.69, 9.17) is 16.3 Å². The molecule has 0 aliphatic rings. The number of pyridine rings is 1. The van der Waals surface area contributed by atoms with E-state index in [1.54, 1.807) is 6.07 Å². The van der Waals surface area contributed by atoms with Gasteiger partial charge in [0.1, 0.15) is 0 Å². The fourth-order valence-corrected chi connectivity index (χ4v) is 1.44. The Bertz CT molecular complexity index is 358. The Kier molecular flexibility index (Phi) is 5.22. The van der Waals surface area contributed by atoms with E-state index < -0.39 is 0 Å². The molecule has 4 nitrogen and oxygen atoms in total. The van der Waals surface area contributed by atoms with Crippen LogP contribution in [0.25, 0.3) is 0 Å². The monoisotopic (exact) mass is 242 g/mol. The summed E-state index contributed by atoms with van der Waals surface area (Å²) in [5.41, 5.74) is 0.431. The van der Waals surface area contributed by atoms with Gasteiger partial charge in [0.25, 0.3) is 5.91 Å². The maximum atomic E-state index is 11.7. The minimum atomic E-state index is -0.209. The van der Waals surface area contributed by atoms with Crippen molar-refractivity contribution in [2.45, 2.75) is 20.0 Å². The molecule has 88 valence electrons. The molecule has 1 aromatic rings. The third kappa shape index (κ3) is 3.79. The van der Waals surface area contributed by atoms with Gasteiger partial charge in [-0.05, 0) is 19.9 Å². The van der Waals surface area contributed by atoms with E-state index in [1.807, 2.05) is 13.8 Å². The van der Waals surface area contributed by atoms with Crippen LogP contribution in [0.1, 0.15) is 24.2 Å². The van der Waals surface area contributed by atoms with Gasteiger partial charge in [-0.3, -0.25) is 9.78 Å². The quantitative estimate of drug-likeness (QED) is 0.858. The van der Waals surface area contributed by atoms with Crippen LogP contribution >= 0.6 is 11.6 Å². The second-order valence-corrected chi connectivity index (χ2v) is 3.74. The lowest BCUT2D eigenvalue weighted by atomic mass is 10.2. The number of aromatic nitrogens is 1. The van der Waals surface area contributed by atoms with E-state index in [-0.39, 0.29) is 12.0 Å². The van der Waals surface area contributed by atoms with Crippen molar-refractivity contribution >= 4 is 17.5 Å². The third-order valence-electron chi connectivity index (χ3n) is 2.02. The molecule has 0 fully saturated rings. The molecule has 0 aliphatic carbocycles. The smallest absolute Gasteiger partial charge is 0.252 e. The molecule has 5 heteroatoms. The van der Waals surface area contributed by atoms with Crippen LogP contribution < -0.4 is 5.32 Å². The molecule has 1 amide bonds. The Morgan fingerprint density at radius 3 is 3.06 bits per heavy atom. The van der Waals surface area contributed by atoms with Gasteiger partial charge in [0.2, 0.25) is 0 Å². The number of carbonyl (C=O) groups excluding carboxylic acids is 1. The molecule has 0 aromatic carbocycles. The average molecular weight is 243 g/mol. The molecule has 0 spiro atoms. The standard InChI is InChI=1S/C11H15ClN2O2/c1-3-16-8(2)6-14-11(15)9-4-5-13-7-10(9)12/h4-5,7-8H,3,6H2,1-2H3,(H,14,15). The molecular formula is C11H15ClN2O2. The second-order valence-electron chi connectivity index (χ2n) is 3.33. The van der Waals surface area contributed by atoms with E-state index in [1.165, 1.54) is 12.4 Å². The van der Waals surface area contributed by atoms with Gasteiger partial charge in [0, 0.05) is 25.5 Å². The Balaban J connectivity index is 2.50. The van der Waals surface area contributed by atoms with Crippen LogP contribution in [-0.4, -0.2) is 30.1 Å². The summed E-state index contributed by atoms with van der Waals surface area (Å²) < 4.78 is 5.30. The SMILES string of the molecule is CCOC(C)CNC(=O)c1ccncc1Cl. The number of hydrogen-bond acceptors (Lipinski definition) is 3. The zero-order valence-corrected chi connectivity index (χ0v) is 10.1. The predicted molar refractivity (Wildman–Crippen MR) is 62.7 cm³/mol. The first-order chi connectivity index (χ1) is 7.65. The molecule has 1 heterocycles. The first-order valence-corrected chi connectivity index (χ1v) is 5.52. The normalized spacial score (nSPS) is 12.2. The number of nitrogens with one attached hydrogen (secondary N) is 1. The van der Waals surface area contributed by atoms with Gasteiger partial charge in [0.05, 0.1) is 16.7 Å². The van der Waals surface area contributed by atoms with Crippen molar-refractivity contribution in [3.8, 4) is 0 Å². The number of ether oxygens (including phenoxy) is 1. The van der Waals surface area contributed by atoms with E-state index >= 15 is 0 Å². The third-order valence-corrected chi connectivity index (χ3v) is 2.32. The van der Waals surface area contributed by atoms with Crippen LogP contribution in [0.3, 0.4) is 0 Å². The second kappa shape index (κ2) is 6.45. The van der Waals surface area contributed by atoms with Crippen molar-refractivity contribution in [2.24, 2.45) is 0 Å². The van der Waals surface area contributed by atoms with Gasteiger partial charge in [-0.2, -0.15) is 0 Å². The Hall–Kier alpha value is -1.13. The van der Waals surface area contributed by atoms with Crippen LogP contribution in [0.15, 0.2) is 18.5 Å². The number of halogens is 1. The molecule has 1 unspecified atom stereocenters. The zero-order chi connectivity index (χ0) is 12.0. The molecule has 1 N–H and O–H groups in total. The zero-order valence-electron chi connectivity index (χ0n) is 9.37. The predicted octanol–water partition coefficient (Wildman–Crippen LogP) is 1.89. The fraction of sp³-hybridized carbons (Fsp3) is 0.455.